The molecule has 10 heteroatoms. The molecule has 0 saturated carbocycles. The third-order valence-corrected chi connectivity index (χ3v) is 7.97. The molecule has 37 heavy (non-hydrogen) atoms. The van der Waals surface area contributed by atoms with Crippen molar-refractivity contribution in [1.82, 2.24) is 9.55 Å². The van der Waals surface area contributed by atoms with Crippen LogP contribution in [-0.2, 0) is 33.7 Å². The number of aromatic nitrogens is 2. The number of hydrogen-bond acceptors (Lipinski definition) is 5. The summed E-state index contributed by atoms with van der Waals surface area (Å²) in [6.45, 7) is 5.18. The molecule has 0 aliphatic heterocycles. The predicted molar refractivity (Wildman–Crippen MR) is 142 cm³/mol. The zero-order valence-electron chi connectivity index (χ0n) is 20.9. The van der Waals surface area contributed by atoms with E-state index < -0.39 is 21.3 Å². The van der Waals surface area contributed by atoms with E-state index in [1.165, 1.54) is 24.3 Å². The van der Waals surface area contributed by atoms with Crippen molar-refractivity contribution in [2.45, 2.75) is 37.7 Å². The average Bonchev–Trinajstić information content (AvgIpc) is 3.18. The Kier molecular flexibility index (Phi) is 7.30. The summed E-state index contributed by atoms with van der Waals surface area (Å²) in [4.78, 5) is 17.6. The number of ether oxygens (including phenoxy) is 1. The molecule has 1 aromatic heterocycles. The van der Waals surface area contributed by atoms with Crippen molar-refractivity contribution in [3.63, 3.8) is 0 Å². The van der Waals surface area contributed by atoms with Gasteiger partial charge >= 0.3 is 0 Å². The number of anilines is 1. The minimum absolute atomic E-state index is 0.0197. The molecule has 7 nitrogen and oxygen atoms in total. The number of amides is 1. The van der Waals surface area contributed by atoms with E-state index >= 15 is 0 Å². The molecule has 0 aliphatic carbocycles. The Morgan fingerprint density at radius 1 is 1.11 bits per heavy atom. The van der Waals surface area contributed by atoms with E-state index in [-0.39, 0.29) is 33.7 Å². The van der Waals surface area contributed by atoms with Crippen molar-refractivity contribution < 1.29 is 22.3 Å². The van der Waals surface area contributed by atoms with Gasteiger partial charge < -0.3 is 14.6 Å². The van der Waals surface area contributed by atoms with Gasteiger partial charge in [0.1, 0.15) is 0 Å². The summed E-state index contributed by atoms with van der Waals surface area (Å²) in [6.07, 6.45) is 0.0888. The number of nitrogens with one attached hydrogen (secondary N) is 1. The van der Waals surface area contributed by atoms with Crippen LogP contribution in [0, 0.1) is 5.82 Å². The molecule has 194 valence electrons. The first-order chi connectivity index (χ1) is 17.4. The van der Waals surface area contributed by atoms with Gasteiger partial charge in [-0.15, -0.1) is 0 Å². The van der Waals surface area contributed by atoms with Crippen molar-refractivity contribution in [1.29, 1.82) is 0 Å². The van der Waals surface area contributed by atoms with Gasteiger partial charge in [-0.25, -0.2) is 17.8 Å². The van der Waals surface area contributed by atoms with E-state index in [2.05, 4.69) is 5.32 Å². The standard InChI is InChI=1S/C27H27ClFN3O4S/c1-5-37(34,35)20-10-6-17(7-11-20)14-25(33)30-19-9-12-23-22(16-19)31-26(32(23)4)27(2,3)36-24-13-8-18(28)15-21(24)29/h6-13,15-16H,5,14H2,1-4H3,(H,30,33). The van der Waals surface area contributed by atoms with Crippen LogP contribution < -0.4 is 10.1 Å². The quantitative estimate of drug-likeness (QED) is 0.310. The first-order valence-corrected chi connectivity index (χ1v) is 13.6. The Hall–Kier alpha value is -3.43. The van der Waals surface area contributed by atoms with Gasteiger partial charge in [0.05, 0.1) is 28.1 Å². The van der Waals surface area contributed by atoms with Crippen molar-refractivity contribution in [2.75, 3.05) is 11.1 Å². The highest BCUT2D eigenvalue weighted by Crippen LogP contribution is 2.32. The highest BCUT2D eigenvalue weighted by molar-refractivity contribution is 7.91. The number of aryl methyl sites for hydroxylation is 1. The van der Waals surface area contributed by atoms with Crippen molar-refractivity contribution >= 4 is 44.1 Å². The van der Waals surface area contributed by atoms with Crippen LogP contribution in [0.25, 0.3) is 11.0 Å². The van der Waals surface area contributed by atoms with Crippen LogP contribution in [0.15, 0.2) is 65.6 Å². The van der Waals surface area contributed by atoms with Gasteiger partial charge in [-0.05, 0) is 67.9 Å². The number of fused-ring (bicyclic) bond motifs is 1. The summed E-state index contributed by atoms with van der Waals surface area (Å²) >= 11 is 5.84. The molecule has 3 aromatic carbocycles. The van der Waals surface area contributed by atoms with Gasteiger partial charge in [0, 0.05) is 17.8 Å². The molecule has 0 unspecified atom stereocenters. The largest absolute Gasteiger partial charge is 0.477 e. The molecule has 0 spiro atoms. The lowest BCUT2D eigenvalue weighted by Gasteiger charge is -2.26. The van der Waals surface area contributed by atoms with Crippen LogP contribution in [-0.4, -0.2) is 29.6 Å². The lowest BCUT2D eigenvalue weighted by atomic mass is 10.1. The molecule has 0 fully saturated rings. The Labute approximate surface area is 220 Å². The Morgan fingerprint density at radius 2 is 1.81 bits per heavy atom. The molecule has 1 amide bonds. The average molecular weight is 544 g/mol. The molecule has 0 atom stereocenters. The lowest BCUT2D eigenvalue weighted by molar-refractivity contribution is -0.115. The van der Waals surface area contributed by atoms with Crippen molar-refractivity contribution in [2.24, 2.45) is 7.05 Å². The Bertz CT molecular complexity index is 1580. The van der Waals surface area contributed by atoms with Crippen molar-refractivity contribution in [3.8, 4) is 5.75 Å². The Balaban J connectivity index is 1.51. The fourth-order valence-corrected chi connectivity index (χ4v) is 5.11. The normalized spacial score (nSPS) is 12.1. The fraction of sp³-hybridized carbons (Fsp3) is 0.259. The SMILES string of the molecule is CCS(=O)(=O)c1ccc(CC(=O)Nc2ccc3c(c2)nc(C(C)(C)Oc2ccc(Cl)cc2F)n3C)cc1. The smallest absolute Gasteiger partial charge is 0.228 e. The van der Waals surface area contributed by atoms with Crippen LogP contribution in [0.4, 0.5) is 10.1 Å². The van der Waals surface area contributed by atoms with Crippen LogP contribution >= 0.6 is 11.6 Å². The van der Waals surface area contributed by atoms with Gasteiger partial charge in [0.15, 0.2) is 32.8 Å². The highest BCUT2D eigenvalue weighted by Gasteiger charge is 2.30. The van der Waals surface area contributed by atoms with Gasteiger partial charge in [0.25, 0.3) is 0 Å². The van der Waals surface area contributed by atoms with Crippen molar-refractivity contribution in [3.05, 3.63) is 82.9 Å². The fourth-order valence-electron chi connectivity index (χ4n) is 4.07. The highest BCUT2D eigenvalue weighted by atomic mass is 35.5. The zero-order valence-corrected chi connectivity index (χ0v) is 22.5. The maximum absolute atomic E-state index is 14.3. The molecule has 1 N–H and O–H groups in total. The number of halogens is 2. The van der Waals surface area contributed by atoms with E-state index in [9.17, 15) is 17.6 Å². The minimum Gasteiger partial charge on any atom is -0.477 e. The van der Waals surface area contributed by atoms with E-state index in [0.717, 1.165) is 5.52 Å². The molecule has 1 heterocycles. The van der Waals surface area contributed by atoms with Crippen LogP contribution in [0.3, 0.4) is 0 Å². The number of hydrogen-bond donors (Lipinski definition) is 1. The molecule has 4 rings (SSSR count). The first kappa shape index (κ1) is 26.6. The molecule has 0 aliphatic rings. The van der Waals surface area contributed by atoms with E-state index in [0.29, 0.717) is 22.6 Å². The molecule has 0 saturated heterocycles. The predicted octanol–water partition coefficient (Wildman–Crippen LogP) is 5.65. The number of carbonyl (C=O) groups is 1. The topological polar surface area (TPSA) is 90.3 Å². The lowest BCUT2D eigenvalue weighted by Crippen LogP contribution is -2.29. The van der Waals surface area contributed by atoms with Gasteiger partial charge in [0.2, 0.25) is 5.91 Å². The maximum Gasteiger partial charge on any atom is 0.228 e. The number of carbonyl (C=O) groups excluding carboxylic acids is 1. The summed E-state index contributed by atoms with van der Waals surface area (Å²) in [5.41, 5.74) is 1.74. The molecule has 0 bridgehead atoms. The third-order valence-electron chi connectivity index (χ3n) is 5.99. The summed E-state index contributed by atoms with van der Waals surface area (Å²) in [5.74, 6) is -0.155. The second-order valence-electron chi connectivity index (χ2n) is 9.16. The third kappa shape index (κ3) is 5.78. The van der Waals surface area contributed by atoms with E-state index in [1.807, 2.05) is 17.7 Å². The number of rotatable bonds is 8. The number of nitrogens with zero attached hydrogens (tertiary/aromatic N) is 2. The number of imidazole rings is 1. The monoisotopic (exact) mass is 543 g/mol. The summed E-state index contributed by atoms with van der Waals surface area (Å²) in [6, 6.07) is 15.9. The van der Waals surface area contributed by atoms with Gasteiger partial charge in [-0.2, -0.15) is 0 Å². The minimum atomic E-state index is -3.29. The van der Waals surface area contributed by atoms with Crippen LogP contribution in [0.5, 0.6) is 5.75 Å². The maximum atomic E-state index is 14.3. The molecular formula is C27H27ClFN3O4S. The second-order valence-corrected chi connectivity index (χ2v) is 11.9. The summed E-state index contributed by atoms with van der Waals surface area (Å²) < 4.78 is 46.1. The zero-order chi connectivity index (χ0) is 27.0. The number of benzene rings is 3. The van der Waals surface area contributed by atoms with Crippen LogP contribution in [0.2, 0.25) is 5.02 Å². The van der Waals surface area contributed by atoms with E-state index in [1.54, 1.807) is 51.1 Å². The summed E-state index contributed by atoms with van der Waals surface area (Å²) in [7, 11) is -1.45. The van der Waals surface area contributed by atoms with Crippen LogP contribution in [0.1, 0.15) is 32.2 Å². The first-order valence-electron chi connectivity index (χ1n) is 11.6. The van der Waals surface area contributed by atoms with Gasteiger partial charge in [-0.1, -0.05) is 30.7 Å². The second kappa shape index (κ2) is 10.1. The molecule has 0 radical (unpaired) electrons. The Morgan fingerprint density at radius 3 is 2.46 bits per heavy atom. The van der Waals surface area contributed by atoms with E-state index in [4.69, 9.17) is 21.3 Å². The number of sulfone groups is 1. The molecular weight excluding hydrogens is 517 g/mol. The van der Waals surface area contributed by atoms with Gasteiger partial charge in [-0.3, -0.25) is 4.79 Å². The summed E-state index contributed by atoms with van der Waals surface area (Å²) in [5, 5.41) is 3.14. The molecule has 4 aromatic rings.